The van der Waals surface area contributed by atoms with Crippen LogP contribution in [0, 0.1) is 0 Å². The van der Waals surface area contributed by atoms with E-state index in [1.165, 1.54) is 16.7 Å². The molecule has 1 N–H and O–H groups in total. The smallest absolute Gasteiger partial charge is 0.387 e. The van der Waals surface area contributed by atoms with Crippen LogP contribution in [0.15, 0.2) is 59.7 Å². The molecule has 8 nitrogen and oxygen atoms in total. The van der Waals surface area contributed by atoms with Crippen molar-refractivity contribution in [3.8, 4) is 11.4 Å². The molecule has 1 amide bonds. The molecule has 0 saturated heterocycles. The van der Waals surface area contributed by atoms with Crippen LogP contribution in [0.3, 0.4) is 0 Å². The van der Waals surface area contributed by atoms with Crippen LogP contribution in [0.4, 0.5) is 8.78 Å². The molecular formula is C24H25F2N5O3. The maximum Gasteiger partial charge on any atom is 0.387 e. The van der Waals surface area contributed by atoms with Gasteiger partial charge in [-0.25, -0.2) is 4.79 Å². The zero-order valence-corrected chi connectivity index (χ0v) is 19.0. The topological polar surface area (TPSA) is 83.1 Å². The fraction of sp³-hybridized carbons (Fsp3) is 0.292. The number of alkyl halides is 2. The standard InChI is InChI=1S/C24H25F2N5O3/c1-4-29-14-16(13-28-29)12-27-22(32)17-8-9-20-21(10-17)30(15(2)3)24(33)31(20)18-6-5-7-19(11-18)34-23(25)26/h5-11,13-15,23H,4,12H2,1-3H3,(H,27,32). The Balaban J connectivity index is 1.71. The van der Waals surface area contributed by atoms with Gasteiger partial charge in [0.25, 0.3) is 5.91 Å². The molecule has 0 atom stereocenters. The average molecular weight is 469 g/mol. The van der Waals surface area contributed by atoms with E-state index < -0.39 is 6.61 Å². The highest BCUT2D eigenvalue weighted by Crippen LogP contribution is 2.25. The summed E-state index contributed by atoms with van der Waals surface area (Å²) in [5, 5.41) is 7.07. The number of hydrogen-bond donors (Lipinski definition) is 1. The number of fused-ring (bicyclic) bond motifs is 1. The van der Waals surface area contributed by atoms with Gasteiger partial charge in [-0.15, -0.1) is 0 Å². The van der Waals surface area contributed by atoms with Crippen molar-refractivity contribution in [2.75, 3.05) is 0 Å². The maximum atomic E-state index is 13.3. The van der Waals surface area contributed by atoms with Crippen LogP contribution in [-0.2, 0) is 13.1 Å². The van der Waals surface area contributed by atoms with Gasteiger partial charge < -0.3 is 10.1 Å². The summed E-state index contributed by atoms with van der Waals surface area (Å²) in [5.41, 5.74) is 2.44. The third-order valence-corrected chi connectivity index (χ3v) is 5.42. The number of nitrogens with one attached hydrogen (secondary N) is 1. The summed E-state index contributed by atoms with van der Waals surface area (Å²) >= 11 is 0. The lowest BCUT2D eigenvalue weighted by molar-refractivity contribution is -0.0498. The third-order valence-electron chi connectivity index (χ3n) is 5.42. The zero-order chi connectivity index (χ0) is 24.4. The lowest BCUT2D eigenvalue weighted by atomic mass is 10.1. The van der Waals surface area contributed by atoms with E-state index in [0.29, 0.717) is 28.8 Å². The van der Waals surface area contributed by atoms with Gasteiger partial charge in [0, 0.05) is 42.5 Å². The molecule has 4 rings (SSSR count). The Morgan fingerprint density at radius 2 is 1.94 bits per heavy atom. The molecule has 0 fully saturated rings. The number of benzene rings is 2. The monoisotopic (exact) mass is 469 g/mol. The third kappa shape index (κ3) is 4.57. The summed E-state index contributed by atoms with van der Waals surface area (Å²) in [7, 11) is 0. The van der Waals surface area contributed by atoms with Crippen molar-refractivity contribution in [2.45, 2.75) is 46.5 Å². The largest absolute Gasteiger partial charge is 0.435 e. The van der Waals surface area contributed by atoms with Gasteiger partial charge in [0.05, 0.1) is 22.9 Å². The molecule has 2 aromatic heterocycles. The number of aryl methyl sites for hydroxylation is 1. The van der Waals surface area contributed by atoms with Gasteiger partial charge in [0.2, 0.25) is 0 Å². The second-order valence-electron chi connectivity index (χ2n) is 8.05. The van der Waals surface area contributed by atoms with Crippen molar-refractivity contribution in [1.82, 2.24) is 24.2 Å². The summed E-state index contributed by atoms with van der Waals surface area (Å²) in [4.78, 5) is 26.1. The molecule has 0 unspecified atom stereocenters. The first kappa shape index (κ1) is 23.2. The summed E-state index contributed by atoms with van der Waals surface area (Å²) in [5.74, 6) is -0.332. The van der Waals surface area contributed by atoms with Gasteiger partial charge in [0.1, 0.15) is 5.75 Å². The van der Waals surface area contributed by atoms with Crippen molar-refractivity contribution in [1.29, 1.82) is 0 Å². The molecule has 0 aliphatic heterocycles. The second-order valence-corrected chi connectivity index (χ2v) is 8.05. The molecule has 0 aliphatic rings. The van der Waals surface area contributed by atoms with Gasteiger partial charge >= 0.3 is 12.3 Å². The van der Waals surface area contributed by atoms with E-state index in [4.69, 9.17) is 0 Å². The number of carbonyl (C=O) groups is 1. The Hall–Kier alpha value is -3.95. The summed E-state index contributed by atoms with van der Waals surface area (Å²) < 4.78 is 34.6. The molecule has 10 heteroatoms. The SMILES string of the molecule is CCn1cc(CNC(=O)c2ccc3c(c2)n(C(C)C)c(=O)n3-c2cccc(OC(F)F)c2)cn1. The van der Waals surface area contributed by atoms with Crippen molar-refractivity contribution < 1.29 is 18.3 Å². The van der Waals surface area contributed by atoms with Crippen molar-refractivity contribution in [3.63, 3.8) is 0 Å². The van der Waals surface area contributed by atoms with Gasteiger partial charge in [-0.2, -0.15) is 13.9 Å². The van der Waals surface area contributed by atoms with Crippen LogP contribution in [-0.4, -0.2) is 31.4 Å². The number of amides is 1. The molecule has 0 saturated carbocycles. The van der Waals surface area contributed by atoms with Crippen LogP contribution >= 0.6 is 0 Å². The number of rotatable bonds is 8. The highest BCUT2D eigenvalue weighted by Gasteiger charge is 2.19. The van der Waals surface area contributed by atoms with E-state index in [-0.39, 0.29) is 23.4 Å². The van der Waals surface area contributed by atoms with Gasteiger partial charge in [-0.1, -0.05) is 6.07 Å². The molecule has 0 bridgehead atoms. The Bertz CT molecular complexity index is 1390. The summed E-state index contributed by atoms with van der Waals surface area (Å²) in [6.45, 7) is 3.80. The van der Waals surface area contributed by atoms with E-state index >= 15 is 0 Å². The molecule has 34 heavy (non-hydrogen) atoms. The van der Waals surface area contributed by atoms with Crippen LogP contribution in [0.2, 0.25) is 0 Å². The number of carbonyl (C=O) groups excluding carboxylic acids is 1. The minimum absolute atomic E-state index is 0.0489. The number of ether oxygens (including phenoxy) is 1. The Morgan fingerprint density at radius 3 is 2.62 bits per heavy atom. The number of halogens is 2. The highest BCUT2D eigenvalue weighted by atomic mass is 19.3. The molecule has 4 aromatic rings. The molecule has 178 valence electrons. The number of hydrogen-bond acceptors (Lipinski definition) is 4. The molecule has 0 aliphatic carbocycles. The fourth-order valence-electron chi connectivity index (χ4n) is 3.86. The first-order chi connectivity index (χ1) is 16.3. The first-order valence-corrected chi connectivity index (χ1v) is 10.9. The molecule has 0 spiro atoms. The fourth-order valence-corrected chi connectivity index (χ4v) is 3.86. The number of aromatic nitrogens is 4. The second kappa shape index (κ2) is 9.50. The van der Waals surface area contributed by atoms with Crippen LogP contribution < -0.4 is 15.7 Å². The zero-order valence-electron chi connectivity index (χ0n) is 19.0. The first-order valence-electron chi connectivity index (χ1n) is 10.9. The van der Waals surface area contributed by atoms with Crippen LogP contribution in [0.25, 0.3) is 16.7 Å². The lowest BCUT2D eigenvalue weighted by Gasteiger charge is -2.08. The summed E-state index contributed by atoms with van der Waals surface area (Å²) in [6.07, 6.45) is 3.57. The van der Waals surface area contributed by atoms with Gasteiger partial charge in [0.15, 0.2) is 0 Å². The predicted octanol–water partition coefficient (Wildman–Crippen LogP) is 4.12. The molecule has 2 heterocycles. The van der Waals surface area contributed by atoms with E-state index in [0.717, 1.165) is 12.1 Å². The van der Waals surface area contributed by atoms with Crippen LogP contribution in [0.5, 0.6) is 5.75 Å². The van der Waals surface area contributed by atoms with E-state index in [1.54, 1.807) is 45.8 Å². The number of imidazole rings is 1. The Labute approximate surface area is 194 Å². The van der Waals surface area contributed by atoms with Gasteiger partial charge in [-0.3, -0.25) is 18.6 Å². The Kier molecular flexibility index (Phi) is 6.49. The van der Waals surface area contributed by atoms with Crippen molar-refractivity contribution in [3.05, 3.63) is 76.5 Å². The quantitative estimate of drug-likeness (QED) is 0.421. The lowest BCUT2D eigenvalue weighted by Crippen LogP contribution is -2.24. The number of nitrogens with zero attached hydrogens (tertiary/aromatic N) is 4. The maximum absolute atomic E-state index is 13.3. The van der Waals surface area contributed by atoms with Crippen molar-refractivity contribution >= 4 is 16.9 Å². The minimum Gasteiger partial charge on any atom is -0.435 e. The summed E-state index contributed by atoms with van der Waals surface area (Å²) in [6, 6.07) is 10.7. The minimum atomic E-state index is -2.97. The highest BCUT2D eigenvalue weighted by molar-refractivity contribution is 5.97. The van der Waals surface area contributed by atoms with E-state index in [9.17, 15) is 18.4 Å². The average Bonchev–Trinajstić information content (AvgIpc) is 3.37. The van der Waals surface area contributed by atoms with Gasteiger partial charge in [-0.05, 0) is 51.1 Å². The molecule has 2 aromatic carbocycles. The Morgan fingerprint density at radius 1 is 1.15 bits per heavy atom. The normalized spacial score (nSPS) is 11.5. The molecular weight excluding hydrogens is 444 g/mol. The predicted molar refractivity (Wildman–Crippen MR) is 124 cm³/mol. The van der Waals surface area contributed by atoms with Crippen molar-refractivity contribution in [2.24, 2.45) is 0 Å². The van der Waals surface area contributed by atoms with E-state index in [2.05, 4.69) is 15.2 Å². The van der Waals surface area contributed by atoms with Crippen LogP contribution in [0.1, 0.15) is 42.7 Å². The van der Waals surface area contributed by atoms with E-state index in [1.807, 2.05) is 27.0 Å². The molecule has 0 radical (unpaired) electrons.